The van der Waals surface area contributed by atoms with Gasteiger partial charge in [-0.1, -0.05) is 34.6 Å². The van der Waals surface area contributed by atoms with E-state index in [0.717, 1.165) is 25.9 Å². The van der Waals surface area contributed by atoms with E-state index in [9.17, 15) is 9.59 Å². The molecule has 0 spiro atoms. The van der Waals surface area contributed by atoms with E-state index >= 15 is 0 Å². The maximum Gasteiger partial charge on any atom is 0.305 e. The van der Waals surface area contributed by atoms with Crippen LogP contribution in [-0.4, -0.2) is 50.2 Å². The molecule has 0 aromatic carbocycles. The number of hydrogen-bond donors (Lipinski definition) is 3. The monoisotopic (exact) mass is 531 g/mol. The van der Waals surface area contributed by atoms with E-state index in [1.54, 1.807) is 6.92 Å². The van der Waals surface area contributed by atoms with Crippen molar-refractivity contribution in [2.45, 2.75) is 124 Å². The lowest BCUT2D eigenvalue weighted by Gasteiger charge is -2.63. The summed E-state index contributed by atoms with van der Waals surface area (Å²) >= 11 is 0. The third kappa shape index (κ3) is 5.96. The van der Waals surface area contributed by atoms with E-state index in [0.29, 0.717) is 70.9 Å². The summed E-state index contributed by atoms with van der Waals surface area (Å²) in [7, 11) is 1.49. The molecule has 1 amide bonds. The van der Waals surface area contributed by atoms with Gasteiger partial charge in [0.1, 0.15) is 0 Å². The number of ether oxygens (including phenoxy) is 1. The Kier molecular flexibility index (Phi) is 9.55. The van der Waals surface area contributed by atoms with E-state index in [1.165, 1.54) is 52.1 Å². The summed E-state index contributed by atoms with van der Waals surface area (Å²) in [4.78, 5) is 24.3. The fraction of sp³-hybridized carbons (Fsp3) is 0.938. The third-order valence-electron chi connectivity index (χ3n) is 12.0. The standard InChI is InChI=1S/C32H57N3O3/c1-20(2)33-16-17-34-24-12-14-31(5)23(18-24)19-28(35-22(4)36)30-26-10-9-25(21(3)8-11-29(37)38-7)32(26,6)15-13-27(30)31/h20-21,23-28,30,33-34H,8-19H2,1-7H3,(H,35,36)/t21?,23-,24-,25-,26?,27?,28-,30?,31+,32-/m1/s1. The Balaban J connectivity index is 1.49. The highest BCUT2D eigenvalue weighted by Gasteiger charge is 2.63. The first-order chi connectivity index (χ1) is 18.0. The lowest BCUT2D eigenvalue weighted by atomic mass is 9.43. The molecule has 4 aliphatic rings. The van der Waals surface area contributed by atoms with E-state index in [4.69, 9.17) is 4.74 Å². The predicted molar refractivity (Wildman–Crippen MR) is 154 cm³/mol. The van der Waals surface area contributed by atoms with Crippen LogP contribution in [0.4, 0.5) is 0 Å². The van der Waals surface area contributed by atoms with Gasteiger partial charge in [-0.15, -0.1) is 0 Å². The predicted octanol–water partition coefficient (Wildman–Crippen LogP) is 5.31. The van der Waals surface area contributed by atoms with E-state index in [2.05, 4.69) is 50.6 Å². The molecule has 6 nitrogen and oxygen atoms in total. The molecule has 10 atom stereocenters. The zero-order valence-corrected chi connectivity index (χ0v) is 25.4. The number of amides is 1. The molecule has 4 rings (SSSR count). The summed E-state index contributed by atoms with van der Waals surface area (Å²) in [5.74, 6) is 3.85. The highest BCUT2D eigenvalue weighted by Crippen LogP contribution is 2.68. The molecular weight excluding hydrogens is 474 g/mol. The quantitative estimate of drug-likeness (QED) is 0.263. The number of fused-ring (bicyclic) bond motifs is 5. The summed E-state index contributed by atoms with van der Waals surface area (Å²) < 4.78 is 4.94. The molecule has 0 radical (unpaired) electrons. The average molecular weight is 532 g/mol. The van der Waals surface area contributed by atoms with Crippen molar-refractivity contribution in [2.75, 3.05) is 20.2 Å². The van der Waals surface area contributed by atoms with Gasteiger partial charge < -0.3 is 20.7 Å². The Hall–Kier alpha value is -1.14. The average Bonchev–Trinajstić information content (AvgIpc) is 3.22. The molecule has 0 aromatic rings. The molecular formula is C32H57N3O3. The molecule has 0 bridgehead atoms. The summed E-state index contributed by atoms with van der Waals surface area (Å²) in [5, 5.41) is 10.9. The van der Waals surface area contributed by atoms with Gasteiger partial charge in [-0.05, 0) is 104 Å². The van der Waals surface area contributed by atoms with Crippen LogP contribution >= 0.6 is 0 Å². The molecule has 4 saturated carbocycles. The first-order valence-corrected chi connectivity index (χ1v) is 15.8. The number of nitrogens with one attached hydrogen (secondary N) is 3. The lowest BCUT2D eigenvalue weighted by molar-refractivity contribution is -0.142. The van der Waals surface area contributed by atoms with Crippen molar-refractivity contribution in [3.63, 3.8) is 0 Å². The Morgan fingerprint density at radius 3 is 2.34 bits per heavy atom. The van der Waals surface area contributed by atoms with Gasteiger partial charge in [0.15, 0.2) is 0 Å². The zero-order valence-electron chi connectivity index (χ0n) is 25.4. The van der Waals surface area contributed by atoms with Crippen LogP contribution in [0.2, 0.25) is 0 Å². The van der Waals surface area contributed by atoms with Gasteiger partial charge >= 0.3 is 5.97 Å². The lowest BCUT2D eigenvalue weighted by Crippen LogP contribution is -2.62. The SMILES string of the molecule is COC(=O)CCC(C)[C@H]1CCC2C3C(CC[C@@]21C)[C@@]1(C)CC[C@@H](NCCNC(C)C)C[C@@H]1C[C@H]3NC(C)=O. The van der Waals surface area contributed by atoms with Gasteiger partial charge in [0.05, 0.1) is 7.11 Å². The summed E-state index contributed by atoms with van der Waals surface area (Å²) in [6, 6.07) is 1.42. The number of methoxy groups -OCH3 is 1. The minimum absolute atomic E-state index is 0.0847. The van der Waals surface area contributed by atoms with Crippen LogP contribution in [-0.2, 0) is 14.3 Å². The molecule has 0 heterocycles. The molecule has 6 heteroatoms. The van der Waals surface area contributed by atoms with Crippen LogP contribution in [0.3, 0.4) is 0 Å². The first-order valence-electron chi connectivity index (χ1n) is 15.8. The molecule has 3 N–H and O–H groups in total. The second kappa shape index (κ2) is 12.2. The molecule has 0 saturated heterocycles. The second-order valence-corrected chi connectivity index (χ2v) is 14.4. The van der Waals surface area contributed by atoms with Gasteiger partial charge in [-0.2, -0.15) is 0 Å². The van der Waals surface area contributed by atoms with Crippen LogP contribution in [0, 0.1) is 46.3 Å². The van der Waals surface area contributed by atoms with Crippen LogP contribution < -0.4 is 16.0 Å². The van der Waals surface area contributed by atoms with Gasteiger partial charge in [0.25, 0.3) is 0 Å². The summed E-state index contributed by atoms with van der Waals surface area (Å²) in [5.41, 5.74) is 0.683. The van der Waals surface area contributed by atoms with Gasteiger partial charge in [0.2, 0.25) is 5.91 Å². The van der Waals surface area contributed by atoms with Crippen molar-refractivity contribution >= 4 is 11.9 Å². The van der Waals surface area contributed by atoms with Gasteiger partial charge in [0, 0.05) is 44.6 Å². The highest BCUT2D eigenvalue weighted by molar-refractivity contribution is 5.73. The number of rotatable bonds is 10. The zero-order chi connectivity index (χ0) is 27.7. The Morgan fingerprint density at radius 2 is 1.66 bits per heavy atom. The van der Waals surface area contributed by atoms with Crippen molar-refractivity contribution in [3.8, 4) is 0 Å². The van der Waals surface area contributed by atoms with Crippen molar-refractivity contribution in [2.24, 2.45) is 46.3 Å². The van der Waals surface area contributed by atoms with Crippen molar-refractivity contribution in [1.29, 1.82) is 0 Å². The first kappa shape index (κ1) is 29.8. The largest absolute Gasteiger partial charge is 0.469 e. The smallest absolute Gasteiger partial charge is 0.305 e. The van der Waals surface area contributed by atoms with E-state index in [1.807, 2.05) is 0 Å². The molecule has 4 aliphatic carbocycles. The third-order valence-corrected chi connectivity index (χ3v) is 12.0. The summed E-state index contributed by atoms with van der Waals surface area (Å²) in [6.45, 7) is 15.7. The number of hydrogen-bond acceptors (Lipinski definition) is 5. The highest BCUT2D eigenvalue weighted by atomic mass is 16.5. The van der Waals surface area contributed by atoms with Crippen molar-refractivity contribution in [1.82, 2.24) is 16.0 Å². The minimum Gasteiger partial charge on any atom is -0.469 e. The Morgan fingerprint density at radius 1 is 0.947 bits per heavy atom. The molecule has 0 aromatic heterocycles. The topological polar surface area (TPSA) is 79.5 Å². The maximum atomic E-state index is 12.5. The molecule has 0 aliphatic heterocycles. The molecule has 218 valence electrons. The number of carbonyl (C=O) groups excluding carboxylic acids is 2. The number of esters is 1. The molecule has 4 fully saturated rings. The summed E-state index contributed by atoms with van der Waals surface area (Å²) in [6.07, 6.45) is 11.5. The van der Waals surface area contributed by atoms with Crippen LogP contribution in [0.5, 0.6) is 0 Å². The Bertz CT molecular complexity index is 833. The van der Waals surface area contributed by atoms with Crippen LogP contribution in [0.15, 0.2) is 0 Å². The maximum absolute atomic E-state index is 12.5. The van der Waals surface area contributed by atoms with Crippen molar-refractivity contribution < 1.29 is 14.3 Å². The fourth-order valence-corrected chi connectivity index (χ4v) is 10.1. The van der Waals surface area contributed by atoms with E-state index < -0.39 is 0 Å². The van der Waals surface area contributed by atoms with Gasteiger partial charge in [-0.3, -0.25) is 9.59 Å². The van der Waals surface area contributed by atoms with Gasteiger partial charge in [-0.25, -0.2) is 0 Å². The minimum atomic E-state index is -0.0847. The molecule has 4 unspecified atom stereocenters. The second-order valence-electron chi connectivity index (χ2n) is 14.4. The fourth-order valence-electron chi connectivity index (χ4n) is 10.1. The normalized spacial score (nSPS) is 41.1. The van der Waals surface area contributed by atoms with Crippen molar-refractivity contribution in [3.05, 3.63) is 0 Å². The van der Waals surface area contributed by atoms with Crippen LogP contribution in [0.1, 0.15) is 106 Å². The van der Waals surface area contributed by atoms with E-state index in [-0.39, 0.29) is 11.9 Å². The Labute approximate surface area is 232 Å². The molecule has 38 heavy (non-hydrogen) atoms. The number of carbonyl (C=O) groups is 2. The van der Waals surface area contributed by atoms with Crippen LogP contribution in [0.25, 0.3) is 0 Å².